The molecule has 1 saturated heterocycles. The minimum absolute atomic E-state index is 0.133. The lowest BCUT2D eigenvalue weighted by Crippen LogP contribution is -2.36. The average molecular weight is 393 g/mol. The smallest absolute Gasteiger partial charge is 0.219 e. The molecule has 1 fully saturated rings. The summed E-state index contributed by atoms with van der Waals surface area (Å²) < 4.78 is 0. The van der Waals surface area contributed by atoms with E-state index in [-0.39, 0.29) is 5.91 Å². The van der Waals surface area contributed by atoms with E-state index in [1.807, 2.05) is 11.1 Å². The van der Waals surface area contributed by atoms with Crippen molar-refractivity contribution in [2.75, 3.05) is 26.2 Å². The molecule has 0 spiro atoms. The Hall–Kier alpha value is -2.27. The van der Waals surface area contributed by atoms with Gasteiger partial charge in [-0.2, -0.15) is 0 Å². The van der Waals surface area contributed by atoms with E-state index in [2.05, 4.69) is 47.1 Å². The monoisotopic (exact) mass is 392 g/mol. The highest BCUT2D eigenvalue weighted by Crippen LogP contribution is 2.28. The first-order chi connectivity index (χ1) is 14.1. The highest BCUT2D eigenvalue weighted by Gasteiger charge is 2.25. The van der Waals surface area contributed by atoms with Gasteiger partial charge in [0.2, 0.25) is 5.91 Å². The second-order valence-corrected chi connectivity index (χ2v) is 8.61. The van der Waals surface area contributed by atoms with E-state index in [0.29, 0.717) is 18.4 Å². The third-order valence-electron chi connectivity index (χ3n) is 6.60. The van der Waals surface area contributed by atoms with Crippen molar-refractivity contribution in [2.45, 2.75) is 57.9 Å². The highest BCUT2D eigenvalue weighted by molar-refractivity contribution is 5.73. The number of hydrogen-bond donors (Lipinski definition) is 0. The van der Waals surface area contributed by atoms with Crippen molar-refractivity contribution in [3.05, 3.63) is 59.2 Å². The summed E-state index contributed by atoms with van der Waals surface area (Å²) in [4.78, 5) is 25.7. The van der Waals surface area contributed by atoms with Crippen LogP contribution in [0, 0.1) is 0 Å². The molecule has 0 radical (unpaired) electrons. The van der Waals surface area contributed by atoms with Crippen LogP contribution in [0.3, 0.4) is 0 Å². The number of benzene rings is 1. The van der Waals surface area contributed by atoms with Crippen molar-refractivity contribution >= 4 is 5.91 Å². The summed E-state index contributed by atoms with van der Waals surface area (Å²) in [5.41, 5.74) is 3.70. The van der Waals surface area contributed by atoms with Gasteiger partial charge in [-0.1, -0.05) is 37.3 Å². The fourth-order valence-electron chi connectivity index (χ4n) is 4.54. The number of aromatic nitrogens is 2. The first-order valence-corrected chi connectivity index (χ1v) is 11.0. The number of nitrogens with zero attached hydrogens (tertiary/aromatic N) is 4. The predicted molar refractivity (Wildman–Crippen MR) is 115 cm³/mol. The van der Waals surface area contributed by atoms with Gasteiger partial charge in [-0.25, -0.2) is 9.97 Å². The summed E-state index contributed by atoms with van der Waals surface area (Å²) in [6.07, 6.45) is 6.29. The van der Waals surface area contributed by atoms with Crippen molar-refractivity contribution in [1.82, 2.24) is 19.8 Å². The van der Waals surface area contributed by atoms with E-state index < -0.39 is 0 Å². The number of amides is 1. The maximum absolute atomic E-state index is 11.6. The summed E-state index contributed by atoms with van der Waals surface area (Å²) in [6.45, 7) is 8.81. The van der Waals surface area contributed by atoms with Crippen LogP contribution in [-0.4, -0.2) is 51.9 Å². The minimum atomic E-state index is 0.133. The van der Waals surface area contributed by atoms with Gasteiger partial charge in [0.25, 0.3) is 0 Å². The van der Waals surface area contributed by atoms with E-state index in [1.54, 1.807) is 6.92 Å². The maximum Gasteiger partial charge on any atom is 0.219 e. The number of carbonyl (C=O) groups is 1. The lowest BCUT2D eigenvalue weighted by atomic mass is 9.93. The molecule has 0 N–H and O–H groups in total. The molecule has 0 bridgehead atoms. The summed E-state index contributed by atoms with van der Waals surface area (Å²) >= 11 is 0. The Morgan fingerprint density at radius 1 is 1.17 bits per heavy atom. The Labute approximate surface area is 174 Å². The van der Waals surface area contributed by atoms with Crippen LogP contribution >= 0.6 is 0 Å². The zero-order valence-electron chi connectivity index (χ0n) is 17.7. The molecular formula is C24H32N4O. The SMILES string of the molecule is CC(=O)N1CCc2nc(C3CCN(CC[C@@H](C)c4ccccc4)CC3)ncc2C1. The molecule has 5 heteroatoms. The standard InChI is InChI=1S/C24H32N4O/c1-18(20-6-4-3-5-7-20)8-12-27-13-9-21(10-14-27)24-25-16-22-17-28(19(2)29)15-11-23(22)26-24/h3-7,16,18,21H,8-15,17H2,1-2H3/t18-/m1/s1. The molecular weight excluding hydrogens is 360 g/mol. The van der Waals surface area contributed by atoms with Gasteiger partial charge in [-0.3, -0.25) is 4.79 Å². The van der Waals surface area contributed by atoms with Crippen molar-refractivity contribution in [2.24, 2.45) is 0 Å². The van der Waals surface area contributed by atoms with Crippen LogP contribution in [0.2, 0.25) is 0 Å². The molecule has 2 aromatic rings. The molecule has 5 nitrogen and oxygen atoms in total. The van der Waals surface area contributed by atoms with Crippen LogP contribution in [0.4, 0.5) is 0 Å². The fraction of sp³-hybridized carbons (Fsp3) is 0.542. The van der Waals surface area contributed by atoms with Gasteiger partial charge < -0.3 is 9.80 Å². The van der Waals surface area contributed by atoms with Gasteiger partial charge in [0, 0.05) is 44.1 Å². The van der Waals surface area contributed by atoms with Gasteiger partial charge in [0.1, 0.15) is 5.82 Å². The topological polar surface area (TPSA) is 49.3 Å². The van der Waals surface area contributed by atoms with E-state index in [0.717, 1.165) is 62.5 Å². The van der Waals surface area contributed by atoms with Crippen molar-refractivity contribution in [3.8, 4) is 0 Å². The second-order valence-electron chi connectivity index (χ2n) is 8.61. The molecule has 1 aromatic carbocycles. The van der Waals surface area contributed by atoms with E-state index in [9.17, 15) is 4.79 Å². The summed E-state index contributed by atoms with van der Waals surface area (Å²) in [5, 5.41) is 0. The summed E-state index contributed by atoms with van der Waals surface area (Å²) in [7, 11) is 0. The van der Waals surface area contributed by atoms with Gasteiger partial charge >= 0.3 is 0 Å². The quantitative estimate of drug-likeness (QED) is 0.777. The number of fused-ring (bicyclic) bond motifs is 1. The minimum Gasteiger partial charge on any atom is -0.338 e. The Morgan fingerprint density at radius 3 is 2.66 bits per heavy atom. The number of rotatable bonds is 5. The molecule has 4 rings (SSSR count). The zero-order chi connectivity index (χ0) is 20.2. The molecule has 1 aromatic heterocycles. The van der Waals surface area contributed by atoms with E-state index in [1.165, 1.54) is 12.0 Å². The maximum atomic E-state index is 11.6. The Balaban J connectivity index is 1.28. The lowest BCUT2D eigenvalue weighted by Gasteiger charge is -2.32. The molecule has 1 atom stereocenters. The molecule has 0 saturated carbocycles. The average Bonchev–Trinajstić information content (AvgIpc) is 2.77. The lowest BCUT2D eigenvalue weighted by molar-refractivity contribution is -0.129. The van der Waals surface area contributed by atoms with Gasteiger partial charge in [0.05, 0.1) is 5.69 Å². The predicted octanol–water partition coefficient (Wildman–Crippen LogP) is 3.75. The Bertz CT molecular complexity index is 830. The van der Waals surface area contributed by atoms with Crippen LogP contribution in [0.5, 0.6) is 0 Å². The molecule has 1 amide bonds. The highest BCUT2D eigenvalue weighted by atomic mass is 16.2. The van der Waals surface area contributed by atoms with Crippen LogP contribution < -0.4 is 0 Å². The van der Waals surface area contributed by atoms with Crippen LogP contribution in [0.25, 0.3) is 0 Å². The number of carbonyl (C=O) groups excluding carboxylic acids is 1. The molecule has 29 heavy (non-hydrogen) atoms. The Morgan fingerprint density at radius 2 is 1.93 bits per heavy atom. The summed E-state index contributed by atoms with van der Waals surface area (Å²) in [5.74, 6) is 2.22. The second kappa shape index (κ2) is 9.04. The molecule has 3 heterocycles. The van der Waals surface area contributed by atoms with E-state index in [4.69, 9.17) is 4.98 Å². The van der Waals surface area contributed by atoms with Gasteiger partial charge in [0.15, 0.2) is 0 Å². The number of likely N-dealkylation sites (tertiary alicyclic amines) is 1. The van der Waals surface area contributed by atoms with E-state index >= 15 is 0 Å². The van der Waals surface area contributed by atoms with Crippen molar-refractivity contribution in [3.63, 3.8) is 0 Å². The first-order valence-electron chi connectivity index (χ1n) is 11.0. The summed E-state index contributed by atoms with van der Waals surface area (Å²) in [6, 6.07) is 10.8. The molecule has 2 aliphatic rings. The molecule has 2 aliphatic heterocycles. The first kappa shape index (κ1) is 20.0. The largest absolute Gasteiger partial charge is 0.338 e. The number of piperidine rings is 1. The van der Waals surface area contributed by atoms with Gasteiger partial charge in [-0.05, 0) is 50.4 Å². The van der Waals surface area contributed by atoms with Crippen LogP contribution in [0.15, 0.2) is 36.5 Å². The fourth-order valence-corrected chi connectivity index (χ4v) is 4.54. The van der Waals surface area contributed by atoms with Gasteiger partial charge in [-0.15, -0.1) is 0 Å². The molecule has 0 unspecified atom stereocenters. The number of hydrogen-bond acceptors (Lipinski definition) is 4. The van der Waals surface area contributed by atoms with Crippen LogP contribution in [-0.2, 0) is 17.8 Å². The zero-order valence-corrected chi connectivity index (χ0v) is 17.7. The third kappa shape index (κ3) is 4.84. The Kier molecular flexibility index (Phi) is 6.24. The van der Waals surface area contributed by atoms with Crippen molar-refractivity contribution < 1.29 is 4.79 Å². The molecule has 0 aliphatic carbocycles. The third-order valence-corrected chi connectivity index (χ3v) is 6.60. The normalized spacial score (nSPS) is 19.0. The molecule has 154 valence electrons. The van der Waals surface area contributed by atoms with Crippen molar-refractivity contribution in [1.29, 1.82) is 0 Å². The van der Waals surface area contributed by atoms with Crippen LogP contribution in [0.1, 0.15) is 67.6 Å².